The predicted octanol–water partition coefficient (Wildman–Crippen LogP) is 4.53. The van der Waals surface area contributed by atoms with Crippen molar-refractivity contribution >= 4 is 11.8 Å². The molecule has 172 valence electrons. The third kappa shape index (κ3) is 4.98. The molecule has 2 heterocycles. The number of rotatable bonds is 7. The van der Waals surface area contributed by atoms with Crippen LogP contribution in [-0.4, -0.2) is 23.0 Å². The van der Waals surface area contributed by atoms with E-state index in [1.54, 1.807) is 18.2 Å². The van der Waals surface area contributed by atoms with E-state index in [2.05, 4.69) is 10.6 Å². The number of nitrogens with one attached hydrogen (secondary N) is 2. The molecule has 3 aromatic rings. The number of benzene rings is 2. The molecule has 6 nitrogen and oxygen atoms in total. The highest BCUT2D eigenvalue weighted by Crippen LogP contribution is 2.24. The van der Waals surface area contributed by atoms with Crippen LogP contribution in [-0.2, 0) is 17.9 Å². The minimum Gasteiger partial charge on any atom is -0.373 e. The molecular formula is C26H28FN3O3. The number of hydrogen-bond acceptors (Lipinski definition) is 3. The molecule has 0 radical (unpaired) electrons. The smallest absolute Gasteiger partial charge is 0.268 e. The molecule has 2 amide bonds. The first-order valence-electron chi connectivity index (χ1n) is 11.2. The maximum Gasteiger partial charge on any atom is 0.268 e. The molecule has 0 fully saturated rings. The molecule has 4 rings (SSSR count). The lowest BCUT2D eigenvalue weighted by Gasteiger charge is -2.21. The molecule has 0 spiro atoms. The monoisotopic (exact) mass is 449 g/mol. The van der Waals surface area contributed by atoms with Crippen LogP contribution in [0.1, 0.15) is 70.0 Å². The van der Waals surface area contributed by atoms with Gasteiger partial charge in [0, 0.05) is 6.54 Å². The highest BCUT2D eigenvalue weighted by Gasteiger charge is 2.27. The van der Waals surface area contributed by atoms with E-state index in [0.717, 1.165) is 17.5 Å². The van der Waals surface area contributed by atoms with Gasteiger partial charge >= 0.3 is 0 Å². The fourth-order valence-corrected chi connectivity index (χ4v) is 4.16. The first kappa shape index (κ1) is 22.7. The number of amides is 2. The van der Waals surface area contributed by atoms with Gasteiger partial charge in [-0.3, -0.25) is 9.59 Å². The predicted molar refractivity (Wildman–Crippen MR) is 123 cm³/mol. The van der Waals surface area contributed by atoms with E-state index in [0.29, 0.717) is 30.1 Å². The molecular weight excluding hydrogens is 421 g/mol. The standard InChI is InChI=1S/C26H28FN3O3/c1-3-22(19-7-5-4-6-8-19)29-25(31)21-15-23(30-13-14-33-16-24(21)30)26(32)28-17(2)18-9-11-20(27)12-10-18/h4-12,15,17,22H,3,13-14,16H2,1-2H3,(H,28,32)(H,29,31)/t17-,22+/m0/s1. The van der Waals surface area contributed by atoms with Crippen molar-refractivity contribution in [1.82, 2.24) is 15.2 Å². The summed E-state index contributed by atoms with van der Waals surface area (Å²) >= 11 is 0. The fraction of sp³-hybridized carbons (Fsp3) is 0.308. The Bertz CT molecular complexity index is 1130. The van der Waals surface area contributed by atoms with Crippen LogP contribution in [0.4, 0.5) is 4.39 Å². The van der Waals surface area contributed by atoms with E-state index in [1.165, 1.54) is 12.1 Å². The van der Waals surface area contributed by atoms with Crippen LogP contribution in [0.2, 0.25) is 0 Å². The molecule has 7 heteroatoms. The van der Waals surface area contributed by atoms with E-state index in [9.17, 15) is 14.0 Å². The number of hydrogen-bond donors (Lipinski definition) is 2. The maximum atomic E-state index is 13.2. The number of nitrogens with zero attached hydrogens (tertiary/aromatic N) is 1. The first-order valence-corrected chi connectivity index (χ1v) is 11.2. The number of halogens is 1. The van der Waals surface area contributed by atoms with Gasteiger partial charge in [0.05, 0.1) is 36.6 Å². The second kappa shape index (κ2) is 10.0. The SMILES string of the molecule is CC[C@@H](NC(=O)c1cc(C(=O)N[C@@H](C)c2ccc(F)cc2)n2c1COCC2)c1ccccc1. The van der Waals surface area contributed by atoms with Gasteiger partial charge in [-0.15, -0.1) is 0 Å². The van der Waals surface area contributed by atoms with Gasteiger partial charge in [-0.05, 0) is 42.7 Å². The minimum atomic E-state index is -0.325. The van der Waals surface area contributed by atoms with E-state index in [4.69, 9.17) is 4.74 Å². The first-order chi connectivity index (χ1) is 16.0. The summed E-state index contributed by atoms with van der Waals surface area (Å²) in [7, 11) is 0. The number of aromatic nitrogens is 1. The largest absolute Gasteiger partial charge is 0.373 e. The Kier molecular flexibility index (Phi) is 6.89. The molecule has 2 atom stereocenters. The van der Waals surface area contributed by atoms with Crippen LogP contribution in [0.15, 0.2) is 60.7 Å². The summed E-state index contributed by atoms with van der Waals surface area (Å²) in [4.78, 5) is 26.3. The molecule has 0 unspecified atom stereocenters. The second-order valence-electron chi connectivity index (χ2n) is 8.19. The summed E-state index contributed by atoms with van der Waals surface area (Å²) in [5, 5.41) is 6.06. The number of fused-ring (bicyclic) bond motifs is 1. The summed E-state index contributed by atoms with van der Waals surface area (Å²) in [6.07, 6.45) is 0.741. The number of carbonyl (C=O) groups excluding carboxylic acids is 2. The van der Waals surface area contributed by atoms with Crippen molar-refractivity contribution in [1.29, 1.82) is 0 Å². The average molecular weight is 450 g/mol. The van der Waals surface area contributed by atoms with Crippen LogP contribution in [0.5, 0.6) is 0 Å². The highest BCUT2D eigenvalue weighted by molar-refractivity contribution is 6.01. The van der Waals surface area contributed by atoms with Crippen molar-refractivity contribution in [3.63, 3.8) is 0 Å². The topological polar surface area (TPSA) is 72.4 Å². The van der Waals surface area contributed by atoms with Crippen molar-refractivity contribution in [3.05, 3.63) is 94.6 Å². The molecule has 0 saturated heterocycles. The average Bonchev–Trinajstić information content (AvgIpc) is 3.23. The van der Waals surface area contributed by atoms with Gasteiger partial charge in [0.1, 0.15) is 11.5 Å². The Hall–Kier alpha value is -3.45. The zero-order valence-corrected chi connectivity index (χ0v) is 18.8. The molecule has 2 aromatic carbocycles. The van der Waals surface area contributed by atoms with Crippen LogP contribution >= 0.6 is 0 Å². The Labute approximate surface area is 192 Å². The lowest BCUT2D eigenvalue weighted by molar-refractivity contribution is 0.0774. The lowest BCUT2D eigenvalue weighted by Crippen LogP contribution is -2.31. The summed E-state index contributed by atoms with van der Waals surface area (Å²) in [6, 6.07) is 17.0. The van der Waals surface area contributed by atoms with E-state index in [1.807, 2.05) is 48.7 Å². The van der Waals surface area contributed by atoms with Gasteiger partial charge in [-0.1, -0.05) is 49.4 Å². The fourth-order valence-electron chi connectivity index (χ4n) is 4.16. The van der Waals surface area contributed by atoms with Gasteiger partial charge in [-0.2, -0.15) is 0 Å². The van der Waals surface area contributed by atoms with Crippen molar-refractivity contribution in [2.75, 3.05) is 6.61 Å². The van der Waals surface area contributed by atoms with E-state index < -0.39 is 0 Å². The second-order valence-corrected chi connectivity index (χ2v) is 8.19. The summed E-state index contributed by atoms with van der Waals surface area (Å²) in [5.41, 5.74) is 3.39. The van der Waals surface area contributed by atoms with E-state index in [-0.39, 0.29) is 36.3 Å². The van der Waals surface area contributed by atoms with Crippen molar-refractivity contribution < 1.29 is 18.7 Å². The van der Waals surface area contributed by atoms with Gasteiger partial charge < -0.3 is 19.9 Å². The van der Waals surface area contributed by atoms with Crippen LogP contribution in [0.3, 0.4) is 0 Å². The molecule has 1 aliphatic rings. The van der Waals surface area contributed by atoms with Crippen LogP contribution in [0, 0.1) is 5.82 Å². The summed E-state index contributed by atoms with van der Waals surface area (Å²) in [5.74, 6) is -0.843. The maximum absolute atomic E-state index is 13.2. The normalized spacial score (nSPS) is 14.8. The highest BCUT2D eigenvalue weighted by atomic mass is 19.1. The van der Waals surface area contributed by atoms with E-state index >= 15 is 0 Å². The van der Waals surface area contributed by atoms with Crippen molar-refractivity contribution in [3.8, 4) is 0 Å². The molecule has 1 aromatic heterocycles. The Morgan fingerprint density at radius 1 is 1.03 bits per heavy atom. The van der Waals surface area contributed by atoms with Gasteiger partial charge in [-0.25, -0.2) is 4.39 Å². The molecule has 33 heavy (non-hydrogen) atoms. The summed E-state index contributed by atoms with van der Waals surface area (Å²) in [6.45, 7) is 5.09. The Morgan fingerprint density at radius 3 is 2.45 bits per heavy atom. The van der Waals surface area contributed by atoms with Gasteiger partial charge in [0.15, 0.2) is 0 Å². The molecule has 0 saturated carbocycles. The molecule has 2 N–H and O–H groups in total. The minimum absolute atomic E-state index is 0.130. The Morgan fingerprint density at radius 2 is 1.76 bits per heavy atom. The number of carbonyl (C=O) groups is 2. The molecule has 0 bridgehead atoms. The zero-order chi connectivity index (χ0) is 23.4. The third-order valence-electron chi connectivity index (χ3n) is 6.02. The molecule has 0 aliphatic carbocycles. The van der Waals surface area contributed by atoms with Crippen molar-refractivity contribution in [2.45, 2.75) is 45.5 Å². The molecule has 1 aliphatic heterocycles. The van der Waals surface area contributed by atoms with Crippen LogP contribution < -0.4 is 10.6 Å². The van der Waals surface area contributed by atoms with Crippen molar-refractivity contribution in [2.24, 2.45) is 0 Å². The Balaban J connectivity index is 1.56. The quantitative estimate of drug-likeness (QED) is 0.557. The zero-order valence-electron chi connectivity index (χ0n) is 18.8. The van der Waals surface area contributed by atoms with Gasteiger partial charge in [0.25, 0.3) is 11.8 Å². The number of ether oxygens (including phenoxy) is 1. The third-order valence-corrected chi connectivity index (χ3v) is 6.02. The van der Waals surface area contributed by atoms with Gasteiger partial charge in [0.2, 0.25) is 0 Å². The van der Waals surface area contributed by atoms with Crippen LogP contribution in [0.25, 0.3) is 0 Å². The summed E-state index contributed by atoms with van der Waals surface area (Å²) < 4.78 is 20.7. The lowest BCUT2D eigenvalue weighted by atomic mass is 10.0.